The standard InChI is InChI=1S/C15H19ClN4OS/c1-20-6-2-4-10(14(20)12-5-3-7-22-12)8-17-11-9-18-19-15(21)13(11)16/h3,5,7,9-10,14H,2,4,6,8H2,1H3,(H2,17,19,21)/t10-,14+/m0/s1. The molecule has 0 amide bonds. The molecule has 1 fully saturated rings. The highest BCUT2D eigenvalue weighted by Crippen LogP contribution is 2.37. The van der Waals surface area contributed by atoms with Crippen molar-refractivity contribution in [3.63, 3.8) is 0 Å². The van der Waals surface area contributed by atoms with Gasteiger partial charge in [-0.2, -0.15) is 5.10 Å². The van der Waals surface area contributed by atoms with Crippen molar-refractivity contribution in [2.45, 2.75) is 18.9 Å². The third kappa shape index (κ3) is 3.19. The molecule has 22 heavy (non-hydrogen) atoms. The molecule has 0 radical (unpaired) electrons. The summed E-state index contributed by atoms with van der Waals surface area (Å²) in [5.41, 5.74) is 0.241. The first-order valence-electron chi connectivity index (χ1n) is 7.37. The van der Waals surface area contributed by atoms with Crippen LogP contribution in [-0.2, 0) is 0 Å². The minimum atomic E-state index is -0.359. The number of halogens is 1. The fraction of sp³-hybridized carbons (Fsp3) is 0.467. The van der Waals surface area contributed by atoms with E-state index in [1.165, 1.54) is 11.3 Å². The number of aromatic amines is 1. The summed E-state index contributed by atoms with van der Waals surface area (Å²) in [6.07, 6.45) is 3.91. The highest BCUT2D eigenvalue weighted by molar-refractivity contribution is 7.10. The van der Waals surface area contributed by atoms with Crippen molar-refractivity contribution in [1.29, 1.82) is 0 Å². The number of hydrogen-bond donors (Lipinski definition) is 2. The monoisotopic (exact) mass is 338 g/mol. The van der Waals surface area contributed by atoms with Gasteiger partial charge < -0.3 is 5.32 Å². The zero-order valence-electron chi connectivity index (χ0n) is 12.4. The summed E-state index contributed by atoms with van der Waals surface area (Å²) in [4.78, 5) is 15.3. The highest BCUT2D eigenvalue weighted by atomic mass is 35.5. The Morgan fingerprint density at radius 1 is 1.59 bits per heavy atom. The maximum Gasteiger partial charge on any atom is 0.285 e. The van der Waals surface area contributed by atoms with Crippen molar-refractivity contribution < 1.29 is 0 Å². The Balaban J connectivity index is 1.75. The van der Waals surface area contributed by atoms with Gasteiger partial charge in [-0.1, -0.05) is 17.7 Å². The summed E-state index contributed by atoms with van der Waals surface area (Å²) in [6, 6.07) is 4.71. The van der Waals surface area contributed by atoms with Crippen molar-refractivity contribution in [2.24, 2.45) is 5.92 Å². The Labute approximate surface area is 138 Å². The van der Waals surface area contributed by atoms with Gasteiger partial charge in [0.1, 0.15) is 5.02 Å². The zero-order valence-corrected chi connectivity index (χ0v) is 14.0. The van der Waals surface area contributed by atoms with Crippen LogP contribution in [0.1, 0.15) is 23.8 Å². The summed E-state index contributed by atoms with van der Waals surface area (Å²) < 4.78 is 0. The average Bonchev–Trinajstić information content (AvgIpc) is 3.02. The number of piperidine rings is 1. The summed E-state index contributed by atoms with van der Waals surface area (Å²) in [7, 11) is 2.18. The van der Waals surface area contributed by atoms with Crippen LogP contribution < -0.4 is 10.9 Å². The lowest BCUT2D eigenvalue weighted by molar-refractivity contribution is 0.130. The van der Waals surface area contributed by atoms with Crippen molar-refractivity contribution in [3.8, 4) is 0 Å². The number of nitrogens with one attached hydrogen (secondary N) is 2. The Morgan fingerprint density at radius 3 is 3.23 bits per heavy atom. The summed E-state index contributed by atoms with van der Waals surface area (Å²) >= 11 is 7.82. The highest BCUT2D eigenvalue weighted by Gasteiger charge is 2.31. The minimum Gasteiger partial charge on any atom is -0.382 e. The molecule has 5 nitrogen and oxygen atoms in total. The molecular formula is C15H19ClN4OS. The van der Waals surface area contributed by atoms with Crippen molar-refractivity contribution >= 4 is 28.6 Å². The largest absolute Gasteiger partial charge is 0.382 e. The molecule has 1 aliphatic rings. The Bertz CT molecular complexity index is 672. The molecule has 0 bridgehead atoms. The van der Waals surface area contributed by atoms with E-state index in [1.807, 2.05) is 0 Å². The number of hydrogen-bond acceptors (Lipinski definition) is 5. The van der Waals surface area contributed by atoms with Crippen LogP contribution in [0.4, 0.5) is 5.69 Å². The summed E-state index contributed by atoms with van der Waals surface area (Å²) in [6.45, 7) is 1.89. The van der Waals surface area contributed by atoms with Crippen LogP contribution in [0.5, 0.6) is 0 Å². The first-order valence-corrected chi connectivity index (χ1v) is 8.63. The van der Waals surface area contributed by atoms with Gasteiger partial charge in [0.15, 0.2) is 0 Å². The molecule has 0 unspecified atom stereocenters. The van der Waals surface area contributed by atoms with Crippen molar-refractivity contribution in [1.82, 2.24) is 15.1 Å². The van der Waals surface area contributed by atoms with Gasteiger partial charge in [-0.15, -0.1) is 11.3 Å². The van der Waals surface area contributed by atoms with E-state index in [-0.39, 0.29) is 10.6 Å². The van der Waals surface area contributed by atoms with Gasteiger partial charge in [0, 0.05) is 17.5 Å². The van der Waals surface area contributed by atoms with Gasteiger partial charge in [0.05, 0.1) is 11.9 Å². The van der Waals surface area contributed by atoms with Gasteiger partial charge >= 0.3 is 0 Å². The van der Waals surface area contributed by atoms with Gasteiger partial charge in [-0.05, 0) is 43.8 Å². The van der Waals surface area contributed by atoms with Gasteiger partial charge in [0.2, 0.25) is 0 Å². The van der Waals surface area contributed by atoms with E-state index in [0.29, 0.717) is 17.6 Å². The van der Waals surface area contributed by atoms with E-state index in [9.17, 15) is 4.79 Å². The fourth-order valence-corrected chi connectivity index (χ4v) is 4.27. The second-order valence-corrected chi connectivity index (χ2v) is 7.01. The lowest BCUT2D eigenvalue weighted by Crippen LogP contribution is -2.38. The van der Waals surface area contributed by atoms with Crippen LogP contribution >= 0.6 is 22.9 Å². The molecule has 0 aromatic carbocycles. The topological polar surface area (TPSA) is 61.0 Å². The lowest BCUT2D eigenvalue weighted by atomic mass is 9.88. The molecule has 0 aliphatic carbocycles. The van der Waals surface area contributed by atoms with Crippen LogP contribution in [0.2, 0.25) is 5.02 Å². The first-order chi connectivity index (χ1) is 10.7. The molecule has 1 aliphatic heterocycles. The molecule has 3 heterocycles. The number of nitrogens with zero attached hydrogens (tertiary/aromatic N) is 2. The number of H-pyrrole nitrogens is 1. The van der Waals surface area contributed by atoms with Crippen LogP contribution in [0.3, 0.4) is 0 Å². The maximum absolute atomic E-state index is 11.5. The van der Waals surface area contributed by atoms with Crippen molar-refractivity contribution in [2.75, 3.05) is 25.5 Å². The van der Waals surface area contributed by atoms with Crippen LogP contribution in [0.25, 0.3) is 0 Å². The van der Waals surface area contributed by atoms with E-state index in [4.69, 9.17) is 11.6 Å². The van der Waals surface area contributed by atoms with E-state index < -0.39 is 0 Å². The Kier molecular flexibility index (Phi) is 4.81. The van der Waals surface area contributed by atoms with E-state index >= 15 is 0 Å². The molecule has 2 atom stereocenters. The minimum absolute atomic E-state index is 0.173. The molecule has 7 heteroatoms. The third-order valence-electron chi connectivity index (χ3n) is 4.19. The Morgan fingerprint density at radius 2 is 2.45 bits per heavy atom. The lowest BCUT2D eigenvalue weighted by Gasteiger charge is -2.39. The predicted molar refractivity (Wildman–Crippen MR) is 90.8 cm³/mol. The smallest absolute Gasteiger partial charge is 0.285 e. The molecule has 118 valence electrons. The molecule has 2 aromatic rings. The third-order valence-corrected chi connectivity index (χ3v) is 5.51. The molecule has 0 spiro atoms. The number of anilines is 1. The van der Waals surface area contributed by atoms with Gasteiger partial charge in [-0.3, -0.25) is 9.69 Å². The van der Waals surface area contributed by atoms with Crippen LogP contribution in [0, 0.1) is 5.92 Å². The quantitative estimate of drug-likeness (QED) is 0.899. The van der Waals surface area contributed by atoms with Crippen molar-refractivity contribution in [3.05, 3.63) is 44.0 Å². The predicted octanol–water partition coefficient (Wildman–Crippen LogP) is 2.98. The van der Waals surface area contributed by atoms with E-state index in [0.717, 1.165) is 19.5 Å². The normalized spacial score (nSPS) is 22.6. The molecule has 1 saturated heterocycles. The average molecular weight is 339 g/mol. The fourth-order valence-electron chi connectivity index (χ4n) is 3.13. The number of thiophene rings is 1. The maximum atomic E-state index is 11.5. The zero-order chi connectivity index (χ0) is 15.5. The molecule has 3 rings (SSSR count). The second kappa shape index (κ2) is 6.81. The SMILES string of the molecule is CN1CCC[C@@H](CNc2cn[nH]c(=O)c2Cl)[C@@H]1c1cccs1. The van der Waals surface area contributed by atoms with Gasteiger partial charge in [0.25, 0.3) is 5.56 Å². The molecular weight excluding hydrogens is 320 g/mol. The second-order valence-electron chi connectivity index (χ2n) is 5.65. The number of likely N-dealkylation sites (tertiary alicyclic amines) is 1. The van der Waals surface area contributed by atoms with Crippen LogP contribution in [-0.4, -0.2) is 35.2 Å². The molecule has 0 saturated carbocycles. The van der Waals surface area contributed by atoms with E-state index in [1.54, 1.807) is 17.5 Å². The number of aromatic nitrogens is 2. The molecule has 2 aromatic heterocycles. The molecule has 2 N–H and O–H groups in total. The van der Waals surface area contributed by atoms with Gasteiger partial charge in [-0.25, -0.2) is 5.10 Å². The van der Waals surface area contributed by atoms with E-state index in [2.05, 4.69) is 45.0 Å². The Hall–Kier alpha value is -1.37. The first kappa shape index (κ1) is 15.5. The van der Waals surface area contributed by atoms with Crippen LogP contribution in [0.15, 0.2) is 28.5 Å². The number of rotatable bonds is 4. The summed E-state index contributed by atoms with van der Waals surface area (Å²) in [5, 5.41) is 11.7. The summed E-state index contributed by atoms with van der Waals surface area (Å²) in [5.74, 6) is 0.479.